The van der Waals surface area contributed by atoms with Gasteiger partial charge in [0.25, 0.3) is 0 Å². The Bertz CT molecular complexity index is 1210. The van der Waals surface area contributed by atoms with Crippen LogP contribution in [0.3, 0.4) is 0 Å². The summed E-state index contributed by atoms with van der Waals surface area (Å²) < 4.78 is 0. The molecule has 2 atom stereocenters. The van der Waals surface area contributed by atoms with Gasteiger partial charge in [-0.3, -0.25) is 14.5 Å². The van der Waals surface area contributed by atoms with E-state index in [-0.39, 0.29) is 17.2 Å². The van der Waals surface area contributed by atoms with Crippen molar-refractivity contribution in [2.45, 2.75) is 12.8 Å². The Hall–Kier alpha value is -3.40. The first-order valence-electron chi connectivity index (χ1n) is 9.56. The zero-order valence-corrected chi connectivity index (χ0v) is 18.2. The molecule has 0 spiro atoms. The Kier molecular flexibility index (Phi) is 5.64. The highest BCUT2D eigenvalue weighted by Gasteiger charge is 2.47. The number of hydrogen-bond acceptors (Lipinski definition) is 5. The van der Waals surface area contributed by atoms with Crippen molar-refractivity contribution >= 4 is 40.3 Å². The van der Waals surface area contributed by atoms with Crippen molar-refractivity contribution in [1.29, 1.82) is 5.26 Å². The lowest BCUT2D eigenvalue weighted by Gasteiger charge is -2.37. The highest BCUT2D eigenvalue weighted by molar-refractivity contribution is 7.12. The van der Waals surface area contributed by atoms with Crippen molar-refractivity contribution in [3.8, 4) is 6.07 Å². The Morgan fingerprint density at radius 3 is 2.39 bits per heavy atom. The first-order valence-corrected chi connectivity index (χ1v) is 10.8. The largest absolute Gasteiger partial charge is 0.384 e. The monoisotopic (exact) mass is 447 g/mol. The Morgan fingerprint density at radius 2 is 1.81 bits per heavy atom. The molecule has 0 fully saturated rings. The summed E-state index contributed by atoms with van der Waals surface area (Å²) in [6.45, 7) is 1.93. The molecule has 154 valence electrons. The van der Waals surface area contributed by atoms with Gasteiger partial charge >= 0.3 is 0 Å². The Labute approximate surface area is 189 Å². The third kappa shape index (κ3) is 3.74. The van der Waals surface area contributed by atoms with Gasteiger partial charge in [-0.1, -0.05) is 47.5 Å². The predicted molar refractivity (Wildman–Crippen MR) is 122 cm³/mol. The molecule has 0 aliphatic carbocycles. The molecule has 31 heavy (non-hydrogen) atoms. The Balaban J connectivity index is 1.93. The fourth-order valence-corrected chi connectivity index (χ4v) is 4.63. The van der Waals surface area contributed by atoms with Gasteiger partial charge in [-0.25, -0.2) is 0 Å². The lowest BCUT2D eigenvalue weighted by atomic mass is 9.75. The number of allylic oxidation sites excluding steroid dienone is 1. The van der Waals surface area contributed by atoms with Gasteiger partial charge in [0, 0.05) is 10.9 Å². The molecule has 7 heteroatoms. The van der Waals surface area contributed by atoms with Gasteiger partial charge < -0.3 is 5.73 Å². The van der Waals surface area contributed by atoms with E-state index in [2.05, 4.69) is 6.07 Å². The number of hydrogen-bond donors (Lipinski definition) is 1. The number of benzene rings is 2. The molecule has 2 heterocycles. The average molecular weight is 448 g/mol. The summed E-state index contributed by atoms with van der Waals surface area (Å²) in [5.41, 5.74) is 8.70. The topological polar surface area (TPSA) is 87.2 Å². The van der Waals surface area contributed by atoms with Crippen LogP contribution in [0.15, 0.2) is 77.4 Å². The van der Waals surface area contributed by atoms with Crippen LogP contribution >= 0.6 is 22.9 Å². The lowest BCUT2D eigenvalue weighted by molar-refractivity contribution is -0.121. The minimum atomic E-state index is -1.12. The first-order chi connectivity index (χ1) is 14.9. The molecule has 4 rings (SSSR count). The number of anilines is 1. The van der Waals surface area contributed by atoms with E-state index in [9.17, 15) is 14.9 Å². The van der Waals surface area contributed by atoms with Crippen LogP contribution in [0.4, 0.5) is 5.69 Å². The number of halogens is 1. The molecule has 0 saturated heterocycles. The van der Waals surface area contributed by atoms with Crippen LogP contribution in [0.5, 0.6) is 0 Å². The van der Waals surface area contributed by atoms with Gasteiger partial charge in [0.05, 0.1) is 22.2 Å². The number of amides is 1. The van der Waals surface area contributed by atoms with E-state index in [4.69, 9.17) is 17.3 Å². The summed E-state index contributed by atoms with van der Waals surface area (Å²) in [6.07, 6.45) is 0. The fraction of sp³-hybridized carbons (Fsp3) is 0.125. The molecule has 2 unspecified atom stereocenters. The minimum absolute atomic E-state index is 0.0338. The SMILES string of the molecule is Cc1ccc(N2C(=O)C(C(=O)c3cccs3)C(c3ccc(Cl)cc3)C(C#N)=C2N)cc1. The van der Waals surface area contributed by atoms with E-state index in [0.29, 0.717) is 21.2 Å². The zero-order valence-electron chi connectivity index (χ0n) is 16.6. The molecular weight excluding hydrogens is 430 g/mol. The molecule has 0 radical (unpaired) electrons. The van der Waals surface area contributed by atoms with Gasteiger partial charge in [0.15, 0.2) is 5.78 Å². The quantitative estimate of drug-likeness (QED) is 0.448. The first kappa shape index (κ1) is 20.9. The van der Waals surface area contributed by atoms with E-state index in [1.165, 1.54) is 16.2 Å². The van der Waals surface area contributed by atoms with E-state index >= 15 is 0 Å². The summed E-state index contributed by atoms with van der Waals surface area (Å²) in [5.74, 6) is -2.68. The van der Waals surface area contributed by atoms with E-state index in [0.717, 1.165) is 5.56 Å². The number of ketones is 1. The normalized spacial score (nSPS) is 18.7. The molecular formula is C24H18ClN3O2S. The van der Waals surface area contributed by atoms with Gasteiger partial charge in [-0.05, 0) is 48.2 Å². The second-order valence-electron chi connectivity index (χ2n) is 7.27. The number of nitriles is 1. The van der Waals surface area contributed by atoms with Crippen molar-refractivity contribution in [3.05, 3.63) is 98.5 Å². The minimum Gasteiger partial charge on any atom is -0.384 e. The molecule has 1 aliphatic rings. The highest BCUT2D eigenvalue weighted by Crippen LogP contribution is 2.42. The van der Waals surface area contributed by atoms with Crippen LogP contribution < -0.4 is 10.6 Å². The molecule has 2 aromatic carbocycles. The maximum absolute atomic E-state index is 13.7. The number of Topliss-reactive ketones (excluding diaryl/α,β-unsaturated/α-hetero) is 1. The Morgan fingerprint density at radius 1 is 1.13 bits per heavy atom. The molecule has 1 aromatic heterocycles. The molecule has 2 N–H and O–H groups in total. The van der Waals surface area contributed by atoms with Gasteiger partial charge in [-0.2, -0.15) is 5.26 Å². The molecule has 5 nitrogen and oxygen atoms in total. The summed E-state index contributed by atoms with van der Waals surface area (Å²) >= 11 is 7.30. The zero-order chi connectivity index (χ0) is 22.1. The molecule has 1 aliphatic heterocycles. The molecule has 3 aromatic rings. The fourth-order valence-electron chi connectivity index (χ4n) is 3.80. The highest BCUT2D eigenvalue weighted by atomic mass is 35.5. The third-order valence-corrected chi connectivity index (χ3v) is 6.47. The van der Waals surface area contributed by atoms with Gasteiger partial charge in [0.1, 0.15) is 11.7 Å². The summed E-state index contributed by atoms with van der Waals surface area (Å²) in [7, 11) is 0. The molecule has 1 amide bonds. The second-order valence-corrected chi connectivity index (χ2v) is 8.65. The number of nitrogens with zero attached hydrogens (tertiary/aromatic N) is 2. The lowest BCUT2D eigenvalue weighted by Crippen LogP contribution is -2.49. The van der Waals surface area contributed by atoms with Crippen LogP contribution in [-0.2, 0) is 4.79 Å². The van der Waals surface area contributed by atoms with E-state index < -0.39 is 17.7 Å². The number of aryl methyl sites for hydroxylation is 1. The van der Waals surface area contributed by atoms with Crippen LogP contribution in [0.25, 0.3) is 0 Å². The van der Waals surface area contributed by atoms with Gasteiger partial charge in [-0.15, -0.1) is 11.3 Å². The number of nitrogens with two attached hydrogens (primary N) is 1. The third-order valence-electron chi connectivity index (χ3n) is 5.34. The van der Waals surface area contributed by atoms with Crippen molar-refractivity contribution in [3.63, 3.8) is 0 Å². The van der Waals surface area contributed by atoms with Crippen molar-refractivity contribution < 1.29 is 9.59 Å². The number of carbonyl (C=O) groups is 2. The molecule has 0 bridgehead atoms. The van der Waals surface area contributed by atoms with Crippen molar-refractivity contribution in [2.75, 3.05) is 4.90 Å². The predicted octanol–water partition coefficient (Wildman–Crippen LogP) is 5.03. The summed E-state index contributed by atoms with van der Waals surface area (Å²) in [4.78, 5) is 29.0. The maximum atomic E-state index is 13.7. The number of thiophene rings is 1. The summed E-state index contributed by atoms with van der Waals surface area (Å²) in [6, 6.07) is 19.6. The van der Waals surface area contributed by atoms with Crippen LogP contribution in [-0.4, -0.2) is 11.7 Å². The number of rotatable bonds is 4. The summed E-state index contributed by atoms with van der Waals surface area (Å²) in [5, 5.41) is 12.3. The standard InChI is InChI=1S/C24H18ClN3O2S/c1-14-4-10-17(11-5-14)28-23(27)18(13-26)20(15-6-8-16(25)9-7-15)21(24(28)30)22(29)19-3-2-12-31-19/h2-12,20-21H,27H2,1H3. The van der Waals surface area contributed by atoms with Crippen LogP contribution in [0, 0.1) is 24.2 Å². The van der Waals surface area contributed by atoms with E-state index in [1.807, 2.05) is 19.1 Å². The second kappa shape index (κ2) is 8.38. The molecule has 0 saturated carbocycles. The van der Waals surface area contributed by atoms with Crippen LogP contribution in [0.2, 0.25) is 5.02 Å². The van der Waals surface area contributed by atoms with Crippen molar-refractivity contribution in [2.24, 2.45) is 11.7 Å². The van der Waals surface area contributed by atoms with Gasteiger partial charge in [0.2, 0.25) is 5.91 Å². The number of carbonyl (C=O) groups excluding carboxylic acids is 2. The van der Waals surface area contributed by atoms with E-state index in [1.54, 1.807) is 53.9 Å². The van der Waals surface area contributed by atoms with Crippen molar-refractivity contribution in [1.82, 2.24) is 0 Å². The maximum Gasteiger partial charge on any atom is 0.244 e. The van der Waals surface area contributed by atoms with Crippen LogP contribution in [0.1, 0.15) is 26.7 Å². The smallest absolute Gasteiger partial charge is 0.244 e. The average Bonchev–Trinajstić information content (AvgIpc) is 3.30.